The van der Waals surface area contributed by atoms with Crippen LogP contribution < -0.4 is 4.74 Å². The van der Waals surface area contributed by atoms with Crippen molar-refractivity contribution in [2.75, 3.05) is 13.2 Å². The van der Waals surface area contributed by atoms with E-state index in [9.17, 15) is 0 Å². The van der Waals surface area contributed by atoms with Crippen molar-refractivity contribution in [3.63, 3.8) is 0 Å². The highest BCUT2D eigenvalue weighted by Gasteiger charge is 2.13. The van der Waals surface area contributed by atoms with Crippen LogP contribution in [0.4, 0.5) is 0 Å². The highest BCUT2D eigenvalue weighted by atomic mass is 79.9. The van der Waals surface area contributed by atoms with Crippen molar-refractivity contribution in [1.29, 1.82) is 0 Å². The Morgan fingerprint density at radius 1 is 1.26 bits per heavy atom. The van der Waals surface area contributed by atoms with E-state index in [-0.39, 0.29) is 0 Å². The lowest BCUT2D eigenvalue weighted by molar-refractivity contribution is 0.0898. The van der Waals surface area contributed by atoms with E-state index in [4.69, 9.17) is 9.47 Å². The Kier molecular flexibility index (Phi) is 6.68. The summed E-state index contributed by atoms with van der Waals surface area (Å²) < 4.78 is 14.6. The lowest BCUT2D eigenvalue weighted by atomic mass is 10.3. The van der Waals surface area contributed by atoms with Gasteiger partial charge in [-0.1, -0.05) is 33.0 Å². The Hall–Kier alpha value is -0.853. The monoisotopic (exact) mass is 398 g/mol. The van der Waals surface area contributed by atoms with E-state index in [2.05, 4.69) is 59.6 Å². The molecule has 2 aromatic rings. The number of hydrogen-bond donors (Lipinski definition) is 0. The van der Waals surface area contributed by atoms with Gasteiger partial charge in [-0.25, -0.2) is 0 Å². The average molecular weight is 399 g/mol. The van der Waals surface area contributed by atoms with Gasteiger partial charge < -0.3 is 14.0 Å². The first-order valence-corrected chi connectivity index (χ1v) is 12.8. The average Bonchev–Trinajstić information content (AvgIpc) is 2.85. The Balaban J connectivity index is 2.04. The molecule has 0 aliphatic carbocycles. The molecule has 0 spiro atoms. The molecule has 0 unspecified atom stereocenters. The van der Waals surface area contributed by atoms with Crippen LogP contribution in [-0.2, 0) is 11.5 Å². The molecular formula is C17H27BrN2O2Si. The highest BCUT2D eigenvalue weighted by Crippen LogP contribution is 2.28. The van der Waals surface area contributed by atoms with Gasteiger partial charge in [-0.15, -0.1) is 0 Å². The molecule has 0 saturated carbocycles. The van der Waals surface area contributed by atoms with Crippen molar-refractivity contribution in [3.8, 4) is 5.88 Å². The first-order chi connectivity index (χ1) is 10.9. The SMILES string of the molecule is CCCCOc1nc2c(ccn2COCC[Si](C)(C)C)cc1Br. The number of hydrogen-bond acceptors (Lipinski definition) is 3. The smallest absolute Gasteiger partial charge is 0.230 e. The van der Waals surface area contributed by atoms with E-state index >= 15 is 0 Å². The Bertz CT molecular complexity index is 637. The molecule has 2 aromatic heterocycles. The molecule has 0 N–H and O–H groups in total. The molecule has 128 valence electrons. The maximum atomic E-state index is 5.84. The summed E-state index contributed by atoms with van der Waals surface area (Å²) in [5.41, 5.74) is 0.910. The molecule has 0 aliphatic rings. The summed E-state index contributed by atoms with van der Waals surface area (Å²) >= 11 is 3.54. The molecular weight excluding hydrogens is 372 g/mol. The summed E-state index contributed by atoms with van der Waals surface area (Å²) in [5.74, 6) is 0.660. The molecule has 23 heavy (non-hydrogen) atoms. The zero-order chi connectivity index (χ0) is 16.9. The lowest BCUT2D eigenvalue weighted by Gasteiger charge is -2.15. The number of aromatic nitrogens is 2. The van der Waals surface area contributed by atoms with E-state index in [1.165, 1.54) is 6.04 Å². The fourth-order valence-corrected chi connectivity index (χ4v) is 3.34. The second-order valence-corrected chi connectivity index (χ2v) is 13.5. The summed E-state index contributed by atoms with van der Waals surface area (Å²) in [6.07, 6.45) is 4.17. The van der Waals surface area contributed by atoms with Crippen molar-refractivity contribution < 1.29 is 9.47 Å². The zero-order valence-electron chi connectivity index (χ0n) is 14.6. The van der Waals surface area contributed by atoms with Gasteiger partial charge in [0.2, 0.25) is 5.88 Å². The van der Waals surface area contributed by atoms with Crippen LogP contribution in [0.1, 0.15) is 19.8 Å². The minimum Gasteiger partial charge on any atom is -0.477 e. The third kappa shape index (κ3) is 5.62. The van der Waals surface area contributed by atoms with Crippen molar-refractivity contribution >= 4 is 35.0 Å². The van der Waals surface area contributed by atoms with Gasteiger partial charge in [0.15, 0.2) is 0 Å². The fraction of sp³-hybridized carbons (Fsp3) is 0.588. The highest BCUT2D eigenvalue weighted by molar-refractivity contribution is 9.10. The molecule has 0 aromatic carbocycles. The van der Waals surface area contributed by atoms with E-state index in [1.807, 2.05) is 10.8 Å². The second-order valence-electron chi connectivity index (χ2n) is 7.02. The summed E-state index contributed by atoms with van der Waals surface area (Å²) in [4.78, 5) is 4.66. The van der Waals surface area contributed by atoms with Gasteiger partial charge >= 0.3 is 0 Å². The number of ether oxygens (including phenoxy) is 2. The standard InChI is InChI=1S/C17H27BrN2O2Si/c1-5-6-9-22-17-15(18)12-14-7-8-20(16(14)19-17)13-21-10-11-23(2,3)4/h7-8,12H,5-6,9-11,13H2,1-4H3. The summed E-state index contributed by atoms with van der Waals surface area (Å²) in [7, 11) is -1.04. The molecule has 0 atom stereocenters. The van der Waals surface area contributed by atoms with Gasteiger partial charge in [-0.05, 0) is 40.5 Å². The van der Waals surface area contributed by atoms with E-state index in [1.54, 1.807) is 0 Å². The van der Waals surface area contributed by atoms with E-state index in [0.29, 0.717) is 19.2 Å². The molecule has 0 radical (unpaired) electrons. The first-order valence-electron chi connectivity index (χ1n) is 8.26. The predicted octanol–water partition coefficient (Wildman–Crippen LogP) is 5.29. The molecule has 0 bridgehead atoms. The van der Waals surface area contributed by atoms with Crippen LogP contribution in [0, 0.1) is 0 Å². The summed E-state index contributed by atoms with van der Waals surface area (Å²) in [5, 5.41) is 1.09. The number of unbranched alkanes of at least 4 members (excludes halogenated alkanes) is 1. The van der Waals surface area contributed by atoms with Gasteiger partial charge in [0.1, 0.15) is 12.4 Å². The number of fused-ring (bicyclic) bond motifs is 1. The van der Waals surface area contributed by atoms with Gasteiger partial charge in [-0.3, -0.25) is 0 Å². The van der Waals surface area contributed by atoms with Gasteiger partial charge in [0, 0.05) is 26.3 Å². The van der Waals surface area contributed by atoms with E-state index < -0.39 is 8.07 Å². The van der Waals surface area contributed by atoms with Crippen LogP contribution in [0.3, 0.4) is 0 Å². The first kappa shape index (κ1) is 18.5. The lowest BCUT2D eigenvalue weighted by Crippen LogP contribution is -2.22. The molecule has 0 fully saturated rings. The van der Waals surface area contributed by atoms with Crippen LogP contribution >= 0.6 is 15.9 Å². The Morgan fingerprint density at radius 2 is 2.04 bits per heavy atom. The van der Waals surface area contributed by atoms with Gasteiger partial charge in [-0.2, -0.15) is 4.98 Å². The Labute approximate surface area is 148 Å². The van der Waals surface area contributed by atoms with Crippen LogP contribution in [0.15, 0.2) is 22.8 Å². The van der Waals surface area contributed by atoms with Gasteiger partial charge in [0.25, 0.3) is 0 Å². The van der Waals surface area contributed by atoms with Crippen molar-refractivity contribution in [3.05, 3.63) is 22.8 Å². The fourth-order valence-electron chi connectivity index (χ4n) is 2.13. The molecule has 0 saturated heterocycles. The quantitative estimate of drug-likeness (QED) is 0.425. The van der Waals surface area contributed by atoms with Crippen LogP contribution in [0.2, 0.25) is 25.7 Å². The van der Waals surface area contributed by atoms with E-state index in [0.717, 1.165) is 35.0 Å². The summed E-state index contributed by atoms with van der Waals surface area (Å²) in [6.45, 7) is 11.3. The van der Waals surface area contributed by atoms with Crippen LogP contribution in [0.5, 0.6) is 5.88 Å². The van der Waals surface area contributed by atoms with Crippen molar-refractivity contribution in [1.82, 2.24) is 9.55 Å². The van der Waals surface area contributed by atoms with Gasteiger partial charge in [0.05, 0.1) is 11.1 Å². The minimum absolute atomic E-state index is 0.539. The Morgan fingerprint density at radius 3 is 2.74 bits per heavy atom. The molecule has 0 aliphatic heterocycles. The maximum absolute atomic E-state index is 5.84. The molecule has 0 amide bonds. The maximum Gasteiger partial charge on any atom is 0.230 e. The number of rotatable bonds is 9. The predicted molar refractivity (Wildman–Crippen MR) is 102 cm³/mol. The molecule has 2 heterocycles. The van der Waals surface area contributed by atoms with Crippen molar-refractivity contribution in [2.24, 2.45) is 0 Å². The molecule has 4 nitrogen and oxygen atoms in total. The normalized spacial score (nSPS) is 12.0. The summed E-state index contributed by atoms with van der Waals surface area (Å²) in [6, 6.07) is 5.30. The minimum atomic E-state index is -1.04. The number of nitrogens with zero attached hydrogens (tertiary/aromatic N) is 2. The second kappa shape index (κ2) is 8.31. The largest absolute Gasteiger partial charge is 0.477 e. The van der Waals surface area contributed by atoms with Crippen LogP contribution in [0.25, 0.3) is 11.0 Å². The molecule has 2 rings (SSSR count). The van der Waals surface area contributed by atoms with Crippen molar-refractivity contribution in [2.45, 2.75) is 52.2 Å². The molecule has 6 heteroatoms. The number of pyridine rings is 1. The zero-order valence-corrected chi connectivity index (χ0v) is 17.1. The topological polar surface area (TPSA) is 36.3 Å². The third-order valence-corrected chi connectivity index (χ3v) is 5.89. The third-order valence-electron chi connectivity index (χ3n) is 3.62. The number of halogens is 1. The van der Waals surface area contributed by atoms with Crippen LogP contribution in [-0.4, -0.2) is 30.8 Å².